The minimum atomic E-state index is 0.148. The van der Waals surface area contributed by atoms with Crippen LogP contribution < -0.4 is 0 Å². The Morgan fingerprint density at radius 2 is 1.75 bits per heavy atom. The summed E-state index contributed by atoms with van der Waals surface area (Å²) in [6.07, 6.45) is 3.31. The molecular weight excluding hydrogens is 370 g/mol. The minimum Gasteiger partial charge on any atom is -0.341 e. The number of hydrogen-bond donors (Lipinski definition) is 0. The summed E-state index contributed by atoms with van der Waals surface area (Å²) < 4.78 is 1.80. The maximum atomic E-state index is 12.8. The van der Waals surface area contributed by atoms with Gasteiger partial charge < -0.3 is 4.90 Å². The number of thioether (sulfide) groups is 1. The molecule has 0 atom stereocenters. The number of aromatic nitrogens is 4. The van der Waals surface area contributed by atoms with Gasteiger partial charge in [-0.15, -0.1) is 0 Å². The lowest BCUT2D eigenvalue weighted by atomic mass is 10.1. The van der Waals surface area contributed by atoms with Crippen LogP contribution in [-0.4, -0.2) is 49.4 Å². The standard InChI is InChI=1S/C21H27N5OS/c1-15(2)11-25(12-16(3)4)19(27)13-28-21-18-10-24-26(20(18)22-14-23-21)17-8-6-5-7-9-17/h5-10,14-16H,11-13H2,1-4H3. The van der Waals surface area contributed by atoms with E-state index >= 15 is 0 Å². The van der Waals surface area contributed by atoms with Crippen molar-refractivity contribution in [2.24, 2.45) is 11.8 Å². The highest BCUT2D eigenvalue weighted by molar-refractivity contribution is 8.00. The molecule has 2 aromatic heterocycles. The number of fused-ring (bicyclic) bond motifs is 1. The van der Waals surface area contributed by atoms with E-state index in [1.165, 1.54) is 18.1 Å². The molecule has 3 aromatic rings. The first-order valence-corrected chi connectivity index (χ1v) is 10.6. The van der Waals surface area contributed by atoms with Crippen LogP contribution in [0.4, 0.5) is 0 Å². The van der Waals surface area contributed by atoms with Gasteiger partial charge in [-0.3, -0.25) is 4.79 Å². The van der Waals surface area contributed by atoms with Crippen LogP contribution in [0.15, 0.2) is 47.9 Å². The summed E-state index contributed by atoms with van der Waals surface area (Å²) in [5.41, 5.74) is 1.70. The average Bonchev–Trinajstić information content (AvgIpc) is 3.10. The molecule has 2 heterocycles. The molecule has 7 heteroatoms. The van der Waals surface area contributed by atoms with Gasteiger partial charge in [0.25, 0.3) is 0 Å². The number of carbonyl (C=O) groups is 1. The van der Waals surface area contributed by atoms with Crippen LogP contribution >= 0.6 is 11.8 Å². The molecule has 6 nitrogen and oxygen atoms in total. The average molecular weight is 398 g/mol. The topological polar surface area (TPSA) is 63.9 Å². The van der Waals surface area contributed by atoms with Crippen LogP contribution in [0.25, 0.3) is 16.7 Å². The van der Waals surface area contributed by atoms with Crippen LogP contribution in [0.2, 0.25) is 0 Å². The quantitative estimate of drug-likeness (QED) is 0.424. The highest BCUT2D eigenvalue weighted by atomic mass is 32.2. The van der Waals surface area contributed by atoms with Crippen molar-refractivity contribution in [2.75, 3.05) is 18.8 Å². The van der Waals surface area contributed by atoms with E-state index in [0.717, 1.165) is 34.8 Å². The van der Waals surface area contributed by atoms with Crippen LogP contribution in [0.1, 0.15) is 27.7 Å². The zero-order chi connectivity index (χ0) is 20.1. The van der Waals surface area contributed by atoms with E-state index in [2.05, 4.69) is 42.8 Å². The molecule has 0 radical (unpaired) electrons. The molecular formula is C21H27N5OS. The van der Waals surface area contributed by atoms with Gasteiger partial charge >= 0.3 is 0 Å². The number of rotatable bonds is 8. The van der Waals surface area contributed by atoms with Gasteiger partial charge in [-0.1, -0.05) is 57.7 Å². The van der Waals surface area contributed by atoms with Crippen molar-refractivity contribution in [1.82, 2.24) is 24.6 Å². The molecule has 0 spiro atoms. The molecule has 0 N–H and O–H groups in total. The third-order valence-electron chi connectivity index (χ3n) is 4.19. The zero-order valence-corrected chi connectivity index (χ0v) is 17.7. The molecule has 3 rings (SSSR count). The molecule has 0 unspecified atom stereocenters. The van der Waals surface area contributed by atoms with E-state index in [1.807, 2.05) is 35.2 Å². The van der Waals surface area contributed by atoms with Crippen molar-refractivity contribution in [3.63, 3.8) is 0 Å². The monoisotopic (exact) mass is 397 g/mol. The fourth-order valence-electron chi connectivity index (χ4n) is 3.08. The Kier molecular flexibility index (Phi) is 6.67. The highest BCUT2D eigenvalue weighted by Crippen LogP contribution is 2.26. The first kappa shape index (κ1) is 20.3. The SMILES string of the molecule is CC(C)CN(CC(C)C)C(=O)CSc1ncnc2c1cnn2-c1ccccc1. The van der Waals surface area contributed by atoms with E-state index in [0.29, 0.717) is 17.6 Å². The lowest BCUT2D eigenvalue weighted by molar-refractivity contribution is -0.129. The van der Waals surface area contributed by atoms with E-state index in [-0.39, 0.29) is 5.91 Å². The Balaban J connectivity index is 1.77. The second-order valence-corrected chi connectivity index (χ2v) is 8.65. The molecule has 1 aromatic carbocycles. The smallest absolute Gasteiger partial charge is 0.233 e. The molecule has 0 aliphatic carbocycles. The third-order valence-corrected chi connectivity index (χ3v) is 5.18. The number of hydrogen-bond acceptors (Lipinski definition) is 5. The summed E-state index contributed by atoms with van der Waals surface area (Å²) in [5, 5.41) is 6.12. The Bertz CT molecular complexity index is 913. The van der Waals surface area contributed by atoms with E-state index in [9.17, 15) is 4.79 Å². The zero-order valence-electron chi connectivity index (χ0n) is 16.9. The second-order valence-electron chi connectivity index (χ2n) is 7.68. The van der Waals surface area contributed by atoms with Crippen molar-refractivity contribution < 1.29 is 4.79 Å². The highest BCUT2D eigenvalue weighted by Gasteiger charge is 2.18. The molecule has 0 saturated heterocycles. The van der Waals surface area contributed by atoms with Gasteiger partial charge in [-0.2, -0.15) is 5.10 Å². The third kappa shape index (κ3) is 4.90. The van der Waals surface area contributed by atoms with Crippen LogP contribution in [-0.2, 0) is 4.79 Å². The van der Waals surface area contributed by atoms with E-state index in [1.54, 1.807) is 10.9 Å². The Labute approximate surface area is 170 Å². The summed E-state index contributed by atoms with van der Waals surface area (Å²) in [6, 6.07) is 9.88. The number of carbonyl (C=O) groups excluding carboxylic acids is 1. The normalized spacial score (nSPS) is 11.5. The number of benzene rings is 1. The van der Waals surface area contributed by atoms with Gasteiger partial charge in [0.05, 0.1) is 23.0 Å². The first-order valence-electron chi connectivity index (χ1n) is 9.60. The fourth-order valence-corrected chi connectivity index (χ4v) is 3.94. The van der Waals surface area contributed by atoms with Crippen molar-refractivity contribution >= 4 is 28.7 Å². The fraction of sp³-hybridized carbons (Fsp3) is 0.429. The summed E-state index contributed by atoms with van der Waals surface area (Å²) in [4.78, 5) is 23.6. The van der Waals surface area contributed by atoms with Crippen molar-refractivity contribution in [1.29, 1.82) is 0 Å². The van der Waals surface area contributed by atoms with Crippen molar-refractivity contribution in [3.8, 4) is 5.69 Å². The Morgan fingerprint density at radius 3 is 2.39 bits per heavy atom. The summed E-state index contributed by atoms with van der Waals surface area (Å²) in [6.45, 7) is 10.1. The van der Waals surface area contributed by atoms with Gasteiger partial charge in [0.2, 0.25) is 5.91 Å². The van der Waals surface area contributed by atoms with Gasteiger partial charge in [0.15, 0.2) is 5.65 Å². The van der Waals surface area contributed by atoms with Crippen molar-refractivity contribution in [2.45, 2.75) is 32.7 Å². The largest absolute Gasteiger partial charge is 0.341 e. The van der Waals surface area contributed by atoms with Crippen LogP contribution in [0, 0.1) is 11.8 Å². The number of amides is 1. The lowest BCUT2D eigenvalue weighted by Crippen LogP contribution is -2.38. The molecule has 0 bridgehead atoms. The second kappa shape index (κ2) is 9.19. The molecule has 0 aliphatic rings. The summed E-state index contributed by atoms with van der Waals surface area (Å²) in [5.74, 6) is 1.40. The maximum absolute atomic E-state index is 12.8. The van der Waals surface area contributed by atoms with Gasteiger partial charge in [0.1, 0.15) is 11.4 Å². The predicted octanol–water partition coefficient (Wildman–Crippen LogP) is 4.05. The van der Waals surface area contributed by atoms with Gasteiger partial charge in [-0.05, 0) is 24.0 Å². The minimum absolute atomic E-state index is 0.148. The van der Waals surface area contributed by atoms with Crippen molar-refractivity contribution in [3.05, 3.63) is 42.9 Å². The molecule has 28 heavy (non-hydrogen) atoms. The molecule has 0 fully saturated rings. The van der Waals surface area contributed by atoms with Crippen LogP contribution in [0.3, 0.4) is 0 Å². The molecule has 148 valence electrons. The Morgan fingerprint density at radius 1 is 1.07 bits per heavy atom. The van der Waals surface area contributed by atoms with Gasteiger partial charge in [0, 0.05) is 13.1 Å². The predicted molar refractivity (Wildman–Crippen MR) is 114 cm³/mol. The summed E-state index contributed by atoms with van der Waals surface area (Å²) in [7, 11) is 0. The number of para-hydroxylation sites is 1. The van der Waals surface area contributed by atoms with Gasteiger partial charge in [-0.25, -0.2) is 14.6 Å². The number of nitrogens with zero attached hydrogens (tertiary/aromatic N) is 5. The lowest BCUT2D eigenvalue weighted by Gasteiger charge is -2.26. The maximum Gasteiger partial charge on any atom is 0.233 e. The molecule has 0 saturated carbocycles. The van der Waals surface area contributed by atoms with E-state index in [4.69, 9.17) is 0 Å². The van der Waals surface area contributed by atoms with E-state index < -0.39 is 0 Å². The first-order chi connectivity index (χ1) is 13.5. The molecule has 1 amide bonds. The summed E-state index contributed by atoms with van der Waals surface area (Å²) >= 11 is 1.45. The molecule has 0 aliphatic heterocycles. The van der Waals surface area contributed by atoms with Crippen LogP contribution in [0.5, 0.6) is 0 Å². The Hall–Kier alpha value is -2.41.